The number of nitrogens with zero attached hydrogens (tertiary/aromatic N) is 1. The Morgan fingerprint density at radius 2 is 1.40 bits per heavy atom. The third-order valence-corrected chi connectivity index (χ3v) is 5.02. The summed E-state index contributed by atoms with van der Waals surface area (Å²) in [5, 5.41) is 18.8. The number of Topliss-reactive ketones (excluding diaryl/α,β-unsaturated/α-hetero) is 1. The van der Waals surface area contributed by atoms with Gasteiger partial charge in [-0.05, 0) is 48.9 Å². The summed E-state index contributed by atoms with van der Waals surface area (Å²) in [6, 6.07) is 18.4. The molecular weight excluding hydrogens is 314 g/mol. The summed E-state index contributed by atoms with van der Waals surface area (Å²) < 4.78 is 0. The van der Waals surface area contributed by atoms with E-state index in [9.17, 15) is 15.0 Å². The van der Waals surface area contributed by atoms with Gasteiger partial charge in [-0.1, -0.05) is 36.4 Å². The molecule has 132 valence electrons. The molecule has 1 heterocycles. The van der Waals surface area contributed by atoms with Crippen molar-refractivity contribution in [1.82, 2.24) is 4.90 Å². The number of carbonyl (C=O) groups excluding carboxylic acids is 1. The van der Waals surface area contributed by atoms with Crippen LogP contribution < -0.4 is 0 Å². The maximum absolute atomic E-state index is 12.1. The monoisotopic (exact) mass is 339 g/mol. The summed E-state index contributed by atoms with van der Waals surface area (Å²) in [5.74, 6) is 1.40. The van der Waals surface area contributed by atoms with E-state index in [4.69, 9.17) is 0 Å². The van der Waals surface area contributed by atoms with E-state index < -0.39 is 0 Å². The predicted octanol–water partition coefficient (Wildman–Crippen LogP) is 2.96. The van der Waals surface area contributed by atoms with Crippen LogP contribution in [0.5, 0.6) is 5.75 Å². The average Bonchev–Trinajstić information content (AvgIpc) is 3.14. The molecule has 4 rings (SSSR count). The van der Waals surface area contributed by atoms with Crippen molar-refractivity contribution in [2.24, 2.45) is 11.8 Å². The van der Waals surface area contributed by atoms with Gasteiger partial charge in [0.25, 0.3) is 0 Å². The molecule has 0 amide bonds. The lowest BCUT2D eigenvalue weighted by atomic mass is 10.0. The van der Waals surface area contributed by atoms with E-state index in [-0.39, 0.29) is 17.6 Å². The van der Waals surface area contributed by atoms with Crippen LogP contribution in [0.2, 0.25) is 0 Å². The van der Waals surface area contributed by atoms with E-state index in [0.717, 1.165) is 25.9 Å². The Kier molecular flexibility index (Phi) is 5.84. The van der Waals surface area contributed by atoms with Gasteiger partial charge in [0.15, 0.2) is 5.78 Å². The van der Waals surface area contributed by atoms with Gasteiger partial charge in [-0.2, -0.15) is 0 Å². The van der Waals surface area contributed by atoms with Crippen LogP contribution >= 0.6 is 0 Å². The summed E-state index contributed by atoms with van der Waals surface area (Å²) in [6.07, 6.45) is 1.63. The van der Waals surface area contributed by atoms with E-state index in [2.05, 4.69) is 4.90 Å². The van der Waals surface area contributed by atoms with Gasteiger partial charge in [0, 0.05) is 18.7 Å². The normalized spacial score (nSPS) is 25.1. The van der Waals surface area contributed by atoms with E-state index >= 15 is 0 Å². The summed E-state index contributed by atoms with van der Waals surface area (Å²) in [7, 11) is 0. The second kappa shape index (κ2) is 8.28. The predicted molar refractivity (Wildman–Crippen MR) is 97.5 cm³/mol. The second-order valence-corrected chi connectivity index (χ2v) is 6.96. The molecule has 1 aliphatic heterocycles. The first-order valence-electron chi connectivity index (χ1n) is 8.84. The number of fused-ring (bicyclic) bond motifs is 1. The molecule has 1 unspecified atom stereocenters. The number of hydrogen-bond acceptors (Lipinski definition) is 4. The van der Waals surface area contributed by atoms with Crippen LogP contribution in [0.1, 0.15) is 23.2 Å². The third kappa shape index (κ3) is 4.91. The van der Waals surface area contributed by atoms with Crippen molar-refractivity contribution in [2.75, 3.05) is 19.6 Å². The second-order valence-electron chi connectivity index (χ2n) is 6.96. The number of aliphatic hydroxyl groups is 1. The highest BCUT2D eigenvalue weighted by Gasteiger charge is 2.40. The smallest absolute Gasteiger partial charge is 0.176 e. The summed E-state index contributed by atoms with van der Waals surface area (Å²) >= 11 is 0. The third-order valence-electron chi connectivity index (χ3n) is 5.02. The van der Waals surface area contributed by atoms with Crippen molar-refractivity contribution in [2.45, 2.75) is 18.9 Å². The first-order chi connectivity index (χ1) is 12.1. The van der Waals surface area contributed by atoms with Gasteiger partial charge >= 0.3 is 0 Å². The standard InChI is InChI=1S/C15H19NO3.C6H6/c17-13-3-1-10(2-4-13)15(19)9-16-7-11-5-14(18)6-12(11)8-16;1-2-4-6-5-3-1/h1-4,11-12,14,17-18H,5-9H2;1-6H/t11-,12+,14?;. The Morgan fingerprint density at radius 3 is 1.88 bits per heavy atom. The summed E-state index contributed by atoms with van der Waals surface area (Å²) in [6.45, 7) is 2.28. The first-order valence-corrected chi connectivity index (χ1v) is 8.84. The lowest BCUT2D eigenvalue weighted by molar-refractivity contribution is 0.0935. The van der Waals surface area contributed by atoms with Gasteiger partial charge in [-0.25, -0.2) is 0 Å². The van der Waals surface area contributed by atoms with E-state index in [1.54, 1.807) is 24.3 Å². The Balaban J connectivity index is 0.000000258. The molecule has 4 heteroatoms. The number of benzene rings is 2. The summed E-state index contributed by atoms with van der Waals surface area (Å²) in [5.41, 5.74) is 0.648. The zero-order valence-corrected chi connectivity index (χ0v) is 14.3. The highest BCUT2D eigenvalue weighted by molar-refractivity contribution is 5.97. The number of phenols is 1. The molecule has 2 N–H and O–H groups in total. The van der Waals surface area contributed by atoms with Crippen LogP contribution in [0.15, 0.2) is 60.7 Å². The number of rotatable bonds is 3. The van der Waals surface area contributed by atoms with Crippen LogP contribution in [-0.4, -0.2) is 46.6 Å². The van der Waals surface area contributed by atoms with Crippen LogP contribution in [0, 0.1) is 11.8 Å². The SMILES string of the molecule is O=C(CN1C[C@H]2CC(O)C[C@H]2C1)c1ccc(O)cc1.c1ccccc1. The fourth-order valence-corrected chi connectivity index (χ4v) is 3.82. The van der Waals surface area contributed by atoms with Crippen LogP contribution in [-0.2, 0) is 0 Å². The highest BCUT2D eigenvalue weighted by atomic mass is 16.3. The lowest BCUT2D eigenvalue weighted by Gasteiger charge is -2.16. The Morgan fingerprint density at radius 1 is 0.920 bits per heavy atom. The molecule has 2 aromatic carbocycles. The van der Waals surface area contributed by atoms with Gasteiger partial charge in [0.2, 0.25) is 0 Å². The fourth-order valence-electron chi connectivity index (χ4n) is 3.82. The van der Waals surface area contributed by atoms with Crippen molar-refractivity contribution in [3.8, 4) is 5.75 Å². The largest absolute Gasteiger partial charge is 0.508 e. The lowest BCUT2D eigenvalue weighted by Crippen LogP contribution is -2.29. The molecule has 0 radical (unpaired) electrons. The van der Waals surface area contributed by atoms with Crippen LogP contribution in [0.4, 0.5) is 0 Å². The number of ketones is 1. The van der Waals surface area contributed by atoms with Crippen molar-refractivity contribution in [1.29, 1.82) is 0 Å². The molecule has 0 aromatic heterocycles. The first kappa shape index (κ1) is 17.6. The Hall–Kier alpha value is -2.17. The number of hydrogen-bond donors (Lipinski definition) is 2. The van der Waals surface area contributed by atoms with Crippen LogP contribution in [0.25, 0.3) is 0 Å². The minimum atomic E-state index is -0.134. The molecule has 4 nitrogen and oxygen atoms in total. The molecule has 2 aromatic rings. The topological polar surface area (TPSA) is 60.8 Å². The van der Waals surface area contributed by atoms with Gasteiger partial charge in [0.1, 0.15) is 5.75 Å². The fraction of sp³-hybridized carbons (Fsp3) is 0.381. The Labute approximate surface area is 148 Å². The molecule has 3 atom stereocenters. The zero-order chi connectivity index (χ0) is 17.6. The number of aromatic hydroxyl groups is 1. The number of carbonyl (C=O) groups is 1. The van der Waals surface area contributed by atoms with E-state index in [0.29, 0.717) is 23.9 Å². The maximum Gasteiger partial charge on any atom is 0.176 e. The molecule has 0 bridgehead atoms. The van der Waals surface area contributed by atoms with E-state index in [1.165, 1.54) is 0 Å². The molecule has 2 fully saturated rings. The van der Waals surface area contributed by atoms with Gasteiger partial charge in [-0.3, -0.25) is 9.69 Å². The molecule has 25 heavy (non-hydrogen) atoms. The van der Waals surface area contributed by atoms with Gasteiger partial charge in [-0.15, -0.1) is 0 Å². The van der Waals surface area contributed by atoms with Crippen molar-refractivity contribution in [3.63, 3.8) is 0 Å². The molecule has 1 saturated heterocycles. The van der Waals surface area contributed by atoms with Crippen molar-refractivity contribution >= 4 is 5.78 Å². The maximum atomic E-state index is 12.1. The van der Waals surface area contributed by atoms with Crippen LogP contribution in [0.3, 0.4) is 0 Å². The van der Waals surface area contributed by atoms with Gasteiger partial charge < -0.3 is 10.2 Å². The number of likely N-dealkylation sites (tertiary alicyclic amines) is 1. The zero-order valence-electron chi connectivity index (χ0n) is 14.3. The summed E-state index contributed by atoms with van der Waals surface area (Å²) in [4.78, 5) is 14.3. The number of aliphatic hydroxyl groups excluding tert-OH is 1. The Bertz CT molecular complexity index is 631. The molecule has 1 saturated carbocycles. The molecule has 0 spiro atoms. The average molecular weight is 339 g/mol. The number of phenolic OH excluding ortho intramolecular Hbond substituents is 1. The van der Waals surface area contributed by atoms with Gasteiger partial charge in [0.05, 0.1) is 12.6 Å². The molecular formula is C21H25NO3. The van der Waals surface area contributed by atoms with Crippen molar-refractivity contribution < 1.29 is 15.0 Å². The van der Waals surface area contributed by atoms with E-state index in [1.807, 2.05) is 36.4 Å². The highest BCUT2D eigenvalue weighted by Crippen LogP contribution is 2.37. The minimum absolute atomic E-state index is 0.0977. The molecule has 1 aliphatic carbocycles. The molecule has 2 aliphatic rings. The quantitative estimate of drug-likeness (QED) is 0.844. The minimum Gasteiger partial charge on any atom is -0.508 e. The van der Waals surface area contributed by atoms with Crippen molar-refractivity contribution in [3.05, 3.63) is 66.2 Å².